The van der Waals surface area contributed by atoms with Gasteiger partial charge in [-0.3, -0.25) is 4.21 Å². The van der Waals surface area contributed by atoms with Gasteiger partial charge in [0.2, 0.25) is 0 Å². The van der Waals surface area contributed by atoms with E-state index in [0.717, 1.165) is 19.4 Å². The minimum Gasteiger partial charge on any atom is -0.309 e. The fourth-order valence-electron chi connectivity index (χ4n) is 2.18. The van der Waals surface area contributed by atoms with Gasteiger partial charge in [0.25, 0.3) is 0 Å². The summed E-state index contributed by atoms with van der Waals surface area (Å²) in [5, 5.41) is 3.48. The second kappa shape index (κ2) is 8.49. The van der Waals surface area contributed by atoms with Crippen molar-refractivity contribution in [2.75, 3.05) is 18.6 Å². The summed E-state index contributed by atoms with van der Waals surface area (Å²) in [6, 6.07) is 8.97. The molecule has 2 unspecified atom stereocenters. The lowest BCUT2D eigenvalue weighted by molar-refractivity contribution is 0.570. The molecule has 2 atom stereocenters. The molecule has 0 saturated heterocycles. The fraction of sp³-hybridized carbons (Fsp3) is 0.625. The first kappa shape index (κ1) is 16.4. The zero-order chi connectivity index (χ0) is 14.3. The summed E-state index contributed by atoms with van der Waals surface area (Å²) in [7, 11) is -0.777. The van der Waals surface area contributed by atoms with Crippen LogP contribution in [0.25, 0.3) is 0 Å². The molecule has 0 heterocycles. The Morgan fingerprint density at radius 3 is 2.32 bits per heavy atom. The molecule has 0 spiro atoms. The molecule has 0 aromatic heterocycles. The van der Waals surface area contributed by atoms with E-state index in [1.807, 2.05) is 0 Å². The van der Waals surface area contributed by atoms with Crippen LogP contribution in [0, 0.1) is 5.92 Å². The normalized spacial score (nSPS) is 14.6. The Morgan fingerprint density at radius 1 is 1.21 bits per heavy atom. The van der Waals surface area contributed by atoms with Gasteiger partial charge in [-0.2, -0.15) is 0 Å². The number of hydrogen-bond donors (Lipinski definition) is 1. The van der Waals surface area contributed by atoms with Crippen molar-refractivity contribution in [2.45, 2.75) is 39.7 Å². The molecule has 2 nitrogen and oxygen atoms in total. The summed E-state index contributed by atoms with van der Waals surface area (Å²) < 4.78 is 11.5. The molecular formula is C16H27NOS. The van der Waals surface area contributed by atoms with E-state index in [-0.39, 0.29) is 6.04 Å². The van der Waals surface area contributed by atoms with Crippen LogP contribution in [-0.2, 0) is 17.2 Å². The van der Waals surface area contributed by atoms with Crippen LogP contribution < -0.4 is 5.32 Å². The predicted octanol–water partition coefficient (Wildman–Crippen LogP) is 3.30. The van der Waals surface area contributed by atoms with E-state index >= 15 is 0 Å². The molecule has 0 saturated carbocycles. The van der Waals surface area contributed by atoms with E-state index in [1.54, 1.807) is 6.26 Å². The molecule has 0 fully saturated rings. The van der Waals surface area contributed by atoms with E-state index in [2.05, 4.69) is 50.4 Å². The van der Waals surface area contributed by atoms with E-state index in [4.69, 9.17) is 0 Å². The second-order valence-electron chi connectivity index (χ2n) is 5.59. The molecule has 0 aliphatic heterocycles. The molecule has 3 heteroatoms. The summed E-state index contributed by atoms with van der Waals surface area (Å²) in [6.07, 6.45) is 3.99. The van der Waals surface area contributed by atoms with Crippen LogP contribution in [0.1, 0.15) is 44.4 Å². The molecule has 19 heavy (non-hydrogen) atoms. The number of nitrogens with one attached hydrogen (secondary N) is 1. The maximum atomic E-state index is 11.5. The van der Waals surface area contributed by atoms with Gasteiger partial charge in [0.15, 0.2) is 0 Å². The van der Waals surface area contributed by atoms with Crippen LogP contribution >= 0.6 is 0 Å². The van der Waals surface area contributed by atoms with Gasteiger partial charge in [0.1, 0.15) is 0 Å². The molecule has 1 aromatic rings. The van der Waals surface area contributed by atoms with Gasteiger partial charge < -0.3 is 5.32 Å². The van der Waals surface area contributed by atoms with Gasteiger partial charge in [-0.1, -0.05) is 45.0 Å². The van der Waals surface area contributed by atoms with Gasteiger partial charge in [0.05, 0.1) is 0 Å². The van der Waals surface area contributed by atoms with Crippen LogP contribution in [-0.4, -0.2) is 22.8 Å². The second-order valence-corrected chi connectivity index (χ2v) is 7.07. The van der Waals surface area contributed by atoms with Crippen molar-refractivity contribution < 1.29 is 4.21 Å². The Hall–Kier alpha value is -0.670. The predicted molar refractivity (Wildman–Crippen MR) is 85.0 cm³/mol. The molecule has 0 radical (unpaired) electrons. The highest BCUT2D eigenvalue weighted by Gasteiger charge is 2.12. The lowest BCUT2D eigenvalue weighted by Gasteiger charge is -2.18. The van der Waals surface area contributed by atoms with Gasteiger partial charge in [-0.05, 0) is 36.4 Å². The zero-order valence-electron chi connectivity index (χ0n) is 12.6. The first-order valence-corrected chi connectivity index (χ1v) is 8.87. The first-order valence-electron chi connectivity index (χ1n) is 7.15. The molecule has 1 rings (SSSR count). The summed E-state index contributed by atoms with van der Waals surface area (Å²) in [5.74, 6) is 1.37. The molecule has 0 amide bonds. The smallest absolute Gasteiger partial charge is 0.0436 e. The Balaban J connectivity index is 2.74. The molecule has 1 N–H and O–H groups in total. The maximum absolute atomic E-state index is 11.5. The topological polar surface area (TPSA) is 29.1 Å². The van der Waals surface area contributed by atoms with Crippen LogP contribution in [0.5, 0.6) is 0 Å². The van der Waals surface area contributed by atoms with Crippen molar-refractivity contribution in [3.05, 3.63) is 35.4 Å². The lowest BCUT2D eigenvalue weighted by atomic mass is 10.00. The Kier molecular flexibility index (Phi) is 7.32. The zero-order valence-corrected chi connectivity index (χ0v) is 13.4. The average molecular weight is 281 g/mol. The first-order chi connectivity index (χ1) is 9.02. The van der Waals surface area contributed by atoms with Crippen LogP contribution in [0.3, 0.4) is 0 Å². The van der Waals surface area contributed by atoms with Gasteiger partial charge >= 0.3 is 0 Å². The highest BCUT2D eigenvalue weighted by atomic mass is 32.2. The lowest BCUT2D eigenvalue weighted by Crippen LogP contribution is -2.26. The third-order valence-corrected chi connectivity index (χ3v) is 3.87. The summed E-state index contributed by atoms with van der Waals surface area (Å²) in [4.78, 5) is 0. The quantitative estimate of drug-likeness (QED) is 0.792. The molecule has 0 aliphatic carbocycles. The van der Waals surface area contributed by atoms with E-state index < -0.39 is 10.8 Å². The number of hydrogen-bond acceptors (Lipinski definition) is 2. The van der Waals surface area contributed by atoms with Crippen LogP contribution in [0.2, 0.25) is 0 Å². The van der Waals surface area contributed by atoms with Crippen molar-refractivity contribution in [1.29, 1.82) is 0 Å². The van der Waals surface area contributed by atoms with Gasteiger partial charge in [-0.15, -0.1) is 0 Å². The van der Waals surface area contributed by atoms with Crippen LogP contribution in [0.4, 0.5) is 0 Å². The minimum absolute atomic E-state index is 0.207. The number of rotatable bonds is 8. The van der Waals surface area contributed by atoms with Crippen LogP contribution in [0.15, 0.2) is 24.3 Å². The van der Waals surface area contributed by atoms with E-state index in [9.17, 15) is 4.21 Å². The highest BCUT2D eigenvalue weighted by Crippen LogP contribution is 2.17. The molecule has 108 valence electrons. The van der Waals surface area contributed by atoms with Crippen molar-refractivity contribution in [3.63, 3.8) is 0 Å². The van der Waals surface area contributed by atoms with Crippen molar-refractivity contribution in [2.24, 2.45) is 5.92 Å². The fourth-order valence-corrected chi connectivity index (χ4v) is 2.96. The molecule has 0 aliphatic rings. The highest BCUT2D eigenvalue weighted by molar-refractivity contribution is 7.84. The third kappa shape index (κ3) is 6.35. The van der Waals surface area contributed by atoms with Crippen molar-refractivity contribution in [3.8, 4) is 0 Å². The molecule has 1 aromatic carbocycles. The third-order valence-electron chi connectivity index (χ3n) is 3.07. The van der Waals surface area contributed by atoms with Crippen molar-refractivity contribution in [1.82, 2.24) is 5.32 Å². The Labute approximate surface area is 120 Å². The Morgan fingerprint density at radius 2 is 1.84 bits per heavy atom. The van der Waals surface area contributed by atoms with E-state index in [0.29, 0.717) is 11.7 Å². The summed E-state index contributed by atoms with van der Waals surface area (Å²) >= 11 is 0. The average Bonchev–Trinajstić information content (AvgIpc) is 2.34. The summed E-state index contributed by atoms with van der Waals surface area (Å²) in [6.45, 7) is 7.59. The molecular weight excluding hydrogens is 254 g/mol. The van der Waals surface area contributed by atoms with Gasteiger partial charge in [0, 0.05) is 28.9 Å². The standard InChI is InChI=1S/C16H27NOS/c1-5-10-17-16(12-19(4)18)15-8-6-14(7-9-15)11-13(2)3/h6-9,13,16-17H,5,10-12H2,1-4H3. The Bertz CT molecular complexity index is 386. The maximum Gasteiger partial charge on any atom is 0.0436 e. The van der Waals surface area contributed by atoms with Crippen molar-refractivity contribution >= 4 is 10.8 Å². The minimum atomic E-state index is -0.777. The largest absolute Gasteiger partial charge is 0.309 e. The van der Waals surface area contributed by atoms with Gasteiger partial charge in [-0.25, -0.2) is 0 Å². The SMILES string of the molecule is CCCNC(CS(C)=O)c1ccc(CC(C)C)cc1. The molecule has 0 bridgehead atoms. The monoisotopic (exact) mass is 281 g/mol. The summed E-state index contributed by atoms with van der Waals surface area (Å²) in [5.41, 5.74) is 2.63. The number of benzene rings is 1. The van der Waals surface area contributed by atoms with E-state index in [1.165, 1.54) is 11.1 Å².